The van der Waals surface area contributed by atoms with Crippen molar-refractivity contribution in [1.29, 1.82) is 0 Å². The van der Waals surface area contributed by atoms with Crippen LogP contribution in [0, 0.1) is 0 Å². The molecule has 46 valence electrons. The highest BCUT2D eigenvalue weighted by Gasteiger charge is 1.93. The molecule has 8 heavy (non-hydrogen) atoms. The van der Waals surface area contributed by atoms with Gasteiger partial charge in [-0.15, -0.1) is 0 Å². The van der Waals surface area contributed by atoms with Gasteiger partial charge >= 0.3 is 0 Å². The summed E-state index contributed by atoms with van der Waals surface area (Å²) in [5, 5.41) is 0. The highest BCUT2D eigenvalue weighted by Crippen LogP contribution is 2.11. The Kier molecular flexibility index (Phi) is 5.71. The van der Waals surface area contributed by atoms with Crippen LogP contribution in [0.1, 0.15) is 6.42 Å². The fraction of sp³-hybridized carbons (Fsp3) is 0.750. The van der Waals surface area contributed by atoms with Gasteiger partial charge in [-0.3, -0.25) is 0 Å². The maximum Gasteiger partial charge on any atom is 0.234 e. The van der Waals surface area contributed by atoms with E-state index in [9.17, 15) is 4.79 Å². The van der Waals surface area contributed by atoms with Gasteiger partial charge in [0.2, 0.25) is 6.08 Å². The molecule has 0 rings (SSSR count). The number of halogens is 2. The number of hydrogen-bond acceptors (Lipinski definition) is 2. The quantitative estimate of drug-likeness (QED) is 0.422. The fourth-order valence-electron chi connectivity index (χ4n) is 0.208. The lowest BCUT2D eigenvalue weighted by atomic mass is 10.5. The summed E-state index contributed by atoms with van der Waals surface area (Å²) in [6.45, 7) is 0.532. The molecule has 0 aromatic carbocycles. The molecule has 0 atom stereocenters. The number of carbonyl (C=O) groups excluding carboxylic acids is 1. The van der Waals surface area contributed by atoms with Crippen LogP contribution < -0.4 is 0 Å². The number of nitrogens with zero attached hydrogens (tertiary/aromatic N) is 1. The zero-order valence-electron chi connectivity index (χ0n) is 4.10. The molecule has 0 aliphatic heterocycles. The van der Waals surface area contributed by atoms with Crippen LogP contribution in [0.3, 0.4) is 0 Å². The Bertz CT molecular complexity index is 98.2. The summed E-state index contributed by atoms with van der Waals surface area (Å²) >= 11 is 6.46. The average molecular weight is 243 g/mol. The lowest BCUT2D eigenvalue weighted by Gasteiger charge is -1.91. The van der Waals surface area contributed by atoms with Gasteiger partial charge < -0.3 is 0 Å². The largest absolute Gasteiger partial charge is 0.234 e. The third-order valence-corrected chi connectivity index (χ3v) is 1.44. The van der Waals surface area contributed by atoms with Crippen molar-refractivity contribution in [2.24, 2.45) is 4.99 Å². The molecule has 0 unspecified atom stereocenters. The van der Waals surface area contributed by atoms with Gasteiger partial charge in [-0.1, -0.05) is 31.9 Å². The molecular weight excluding hydrogens is 238 g/mol. The van der Waals surface area contributed by atoms with Crippen molar-refractivity contribution < 1.29 is 4.79 Å². The van der Waals surface area contributed by atoms with Crippen LogP contribution in [0.5, 0.6) is 0 Å². The van der Waals surface area contributed by atoms with Crippen LogP contribution in [-0.4, -0.2) is 16.4 Å². The van der Waals surface area contributed by atoms with Crippen molar-refractivity contribution in [2.75, 3.05) is 6.54 Å². The fourth-order valence-corrected chi connectivity index (χ4v) is 0.617. The van der Waals surface area contributed by atoms with E-state index in [1.54, 1.807) is 0 Å². The van der Waals surface area contributed by atoms with Gasteiger partial charge in [-0.25, -0.2) is 9.79 Å². The first kappa shape index (κ1) is 8.34. The van der Waals surface area contributed by atoms with Crippen molar-refractivity contribution >= 4 is 37.9 Å². The average Bonchev–Trinajstić information content (AvgIpc) is 1.66. The summed E-state index contributed by atoms with van der Waals surface area (Å²) in [5.74, 6) is 0. The summed E-state index contributed by atoms with van der Waals surface area (Å²) in [6.07, 6.45) is 2.27. The Morgan fingerprint density at radius 1 is 1.62 bits per heavy atom. The smallest absolute Gasteiger partial charge is 0.211 e. The summed E-state index contributed by atoms with van der Waals surface area (Å²) in [6, 6.07) is 0. The van der Waals surface area contributed by atoms with E-state index >= 15 is 0 Å². The van der Waals surface area contributed by atoms with Crippen molar-refractivity contribution in [3.63, 3.8) is 0 Å². The first-order valence-electron chi connectivity index (χ1n) is 2.09. The van der Waals surface area contributed by atoms with Gasteiger partial charge in [0.1, 0.15) is 0 Å². The van der Waals surface area contributed by atoms with Crippen LogP contribution in [0.25, 0.3) is 0 Å². The van der Waals surface area contributed by atoms with Gasteiger partial charge in [-0.2, -0.15) is 0 Å². The molecule has 0 saturated heterocycles. The maximum atomic E-state index is 9.46. The third-order valence-electron chi connectivity index (χ3n) is 0.524. The van der Waals surface area contributed by atoms with Crippen LogP contribution in [-0.2, 0) is 4.79 Å². The van der Waals surface area contributed by atoms with E-state index in [0.29, 0.717) is 6.54 Å². The molecule has 0 radical (unpaired) electrons. The van der Waals surface area contributed by atoms with Crippen LogP contribution in [0.15, 0.2) is 4.99 Å². The lowest BCUT2D eigenvalue weighted by molar-refractivity contribution is 0.562. The Morgan fingerprint density at radius 3 is 2.62 bits per heavy atom. The molecule has 0 bridgehead atoms. The van der Waals surface area contributed by atoms with E-state index in [4.69, 9.17) is 0 Å². The van der Waals surface area contributed by atoms with E-state index in [0.717, 1.165) is 6.42 Å². The molecule has 2 nitrogen and oxygen atoms in total. The van der Waals surface area contributed by atoms with Crippen LogP contribution in [0.2, 0.25) is 0 Å². The van der Waals surface area contributed by atoms with Crippen molar-refractivity contribution in [2.45, 2.75) is 10.2 Å². The molecule has 0 aromatic heterocycles. The minimum absolute atomic E-state index is 0.257. The van der Waals surface area contributed by atoms with Gasteiger partial charge in [0.05, 0.1) is 10.3 Å². The molecule has 0 N–H and O–H groups in total. The first-order valence-corrected chi connectivity index (χ1v) is 3.92. The molecule has 4 heteroatoms. The Morgan fingerprint density at radius 2 is 2.25 bits per heavy atom. The molecule has 0 amide bonds. The van der Waals surface area contributed by atoms with Gasteiger partial charge in [0.25, 0.3) is 0 Å². The summed E-state index contributed by atoms with van der Waals surface area (Å²) in [5.41, 5.74) is 0. The number of alkyl halides is 2. The van der Waals surface area contributed by atoms with Gasteiger partial charge in [0.15, 0.2) is 0 Å². The van der Waals surface area contributed by atoms with Crippen LogP contribution in [0.4, 0.5) is 0 Å². The van der Waals surface area contributed by atoms with Crippen molar-refractivity contribution in [1.82, 2.24) is 0 Å². The second-order valence-corrected chi connectivity index (χ2v) is 4.59. The standard InChI is InChI=1S/C4H5Br2NO/c5-4(6)1-2-7-3-8/h4H,1-2H2. The highest BCUT2D eigenvalue weighted by molar-refractivity contribution is 9.24. The van der Waals surface area contributed by atoms with Crippen molar-refractivity contribution in [3.05, 3.63) is 0 Å². The zero-order chi connectivity index (χ0) is 6.41. The summed E-state index contributed by atoms with van der Waals surface area (Å²) in [4.78, 5) is 12.8. The third kappa shape index (κ3) is 6.34. The zero-order valence-corrected chi connectivity index (χ0v) is 7.27. The molecule has 0 spiro atoms. The number of isocyanates is 1. The van der Waals surface area contributed by atoms with E-state index in [2.05, 4.69) is 36.9 Å². The number of hydrogen-bond donors (Lipinski definition) is 0. The van der Waals surface area contributed by atoms with E-state index in [-0.39, 0.29) is 3.74 Å². The Hall–Kier alpha value is 0.340. The van der Waals surface area contributed by atoms with Crippen LogP contribution >= 0.6 is 31.9 Å². The predicted molar refractivity (Wildman–Crippen MR) is 39.2 cm³/mol. The second kappa shape index (κ2) is 5.48. The lowest BCUT2D eigenvalue weighted by Crippen LogP contribution is -1.87. The van der Waals surface area contributed by atoms with Gasteiger partial charge in [0, 0.05) is 0 Å². The minimum Gasteiger partial charge on any atom is -0.211 e. The summed E-state index contributed by atoms with van der Waals surface area (Å²) < 4.78 is 0.257. The van der Waals surface area contributed by atoms with Gasteiger partial charge in [-0.05, 0) is 6.42 Å². The first-order chi connectivity index (χ1) is 3.77. The van der Waals surface area contributed by atoms with E-state index in [1.165, 1.54) is 6.08 Å². The molecule has 0 heterocycles. The number of aliphatic imine (C=N–C) groups is 1. The normalized spacial score (nSPS) is 8.88. The molecular formula is C4H5Br2NO. The predicted octanol–water partition coefficient (Wildman–Crippen LogP) is 1.83. The van der Waals surface area contributed by atoms with E-state index < -0.39 is 0 Å². The topological polar surface area (TPSA) is 29.4 Å². The van der Waals surface area contributed by atoms with E-state index in [1.807, 2.05) is 0 Å². The molecule has 0 fully saturated rings. The monoisotopic (exact) mass is 241 g/mol. The molecule has 0 aliphatic carbocycles. The molecule has 0 saturated carbocycles. The molecule has 0 aromatic rings. The van der Waals surface area contributed by atoms with Crippen molar-refractivity contribution in [3.8, 4) is 0 Å². The Labute approximate surface area is 64.6 Å². The second-order valence-electron chi connectivity index (χ2n) is 1.15. The maximum absolute atomic E-state index is 9.46. The Balaban J connectivity index is 3.05. The highest BCUT2D eigenvalue weighted by atomic mass is 79.9. The molecule has 0 aliphatic rings. The SMILES string of the molecule is O=C=NCCC(Br)Br. The summed E-state index contributed by atoms with van der Waals surface area (Å²) in [7, 11) is 0. The minimum atomic E-state index is 0.257. The number of rotatable bonds is 3.